The molecule has 162 valence electrons. The lowest BCUT2D eigenvalue weighted by Crippen LogP contribution is -2.58. The number of anilines is 1. The number of nitrogens with two attached hydrogens (primary N) is 1. The molecule has 0 aromatic heterocycles. The predicted octanol–water partition coefficient (Wildman–Crippen LogP) is 3.84. The van der Waals surface area contributed by atoms with Gasteiger partial charge in [-0.25, -0.2) is 9.18 Å². The van der Waals surface area contributed by atoms with Gasteiger partial charge in [0.15, 0.2) is 0 Å². The van der Waals surface area contributed by atoms with Crippen molar-refractivity contribution in [2.75, 3.05) is 18.4 Å². The summed E-state index contributed by atoms with van der Waals surface area (Å²) in [7, 11) is 0. The van der Waals surface area contributed by atoms with Crippen LogP contribution in [0.3, 0.4) is 0 Å². The van der Waals surface area contributed by atoms with Crippen LogP contribution in [0.15, 0.2) is 18.2 Å². The number of halogens is 4. The van der Waals surface area contributed by atoms with E-state index < -0.39 is 41.6 Å². The Hall–Kier alpha value is -2.36. The molecule has 0 radical (unpaired) electrons. The summed E-state index contributed by atoms with van der Waals surface area (Å²) in [6, 6.07) is 2.55. The number of carbonyl (C=O) groups excluding carboxylic acids is 2. The quantitative estimate of drug-likeness (QED) is 0.729. The van der Waals surface area contributed by atoms with Crippen LogP contribution in [0.5, 0.6) is 0 Å². The van der Waals surface area contributed by atoms with Crippen LogP contribution in [0.25, 0.3) is 0 Å². The van der Waals surface area contributed by atoms with Gasteiger partial charge in [0, 0.05) is 18.8 Å². The van der Waals surface area contributed by atoms with Crippen LogP contribution in [0, 0.1) is 0 Å². The molecule has 0 unspecified atom stereocenters. The lowest BCUT2D eigenvalue weighted by molar-refractivity contribution is -0.137. The molecule has 6 nitrogen and oxygen atoms in total. The highest BCUT2D eigenvalue weighted by Gasteiger charge is 2.40. The van der Waals surface area contributed by atoms with Crippen LogP contribution < -0.4 is 11.1 Å². The minimum absolute atomic E-state index is 0.104. The standard InChI is InChI=1S/C19H25F4N3O3/c1-17(2,3)29-16(28)26-6-4-18(24,5-7-26)15(27)25-14-9-12(11-20)8-13(10-14)19(21,22)23/h8-10H,4-7,11,24H2,1-3H3,(H,25,27). The number of alkyl halides is 4. The second-order valence-electron chi connectivity index (χ2n) is 8.13. The zero-order chi connectivity index (χ0) is 22.0. The lowest BCUT2D eigenvalue weighted by Gasteiger charge is -2.38. The minimum atomic E-state index is -4.68. The number of nitrogens with zero attached hydrogens (tertiary/aromatic N) is 1. The summed E-state index contributed by atoms with van der Waals surface area (Å²) in [6.45, 7) is 4.42. The molecular weight excluding hydrogens is 394 g/mol. The Bertz CT molecular complexity index is 767. The molecule has 3 N–H and O–H groups in total. The molecule has 1 saturated heterocycles. The topological polar surface area (TPSA) is 84.7 Å². The van der Waals surface area contributed by atoms with E-state index in [2.05, 4.69) is 5.32 Å². The predicted molar refractivity (Wildman–Crippen MR) is 98.8 cm³/mol. The third kappa shape index (κ3) is 6.06. The van der Waals surface area contributed by atoms with Gasteiger partial charge in [-0.2, -0.15) is 13.2 Å². The number of benzene rings is 1. The van der Waals surface area contributed by atoms with Gasteiger partial charge in [-0.15, -0.1) is 0 Å². The Morgan fingerprint density at radius 1 is 1.17 bits per heavy atom. The first kappa shape index (κ1) is 22.9. The number of rotatable bonds is 3. The third-order valence-electron chi connectivity index (χ3n) is 4.49. The molecule has 0 saturated carbocycles. The van der Waals surface area contributed by atoms with Crippen LogP contribution in [0.1, 0.15) is 44.7 Å². The lowest BCUT2D eigenvalue weighted by atomic mass is 9.87. The molecular formula is C19H25F4N3O3. The molecule has 0 spiro atoms. The Morgan fingerprint density at radius 3 is 2.24 bits per heavy atom. The molecule has 1 heterocycles. The van der Waals surface area contributed by atoms with E-state index in [-0.39, 0.29) is 37.2 Å². The fourth-order valence-electron chi connectivity index (χ4n) is 2.90. The van der Waals surface area contributed by atoms with Crippen molar-refractivity contribution in [1.29, 1.82) is 0 Å². The van der Waals surface area contributed by atoms with Crippen LogP contribution in [-0.2, 0) is 22.4 Å². The number of likely N-dealkylation sites (tertiary alicyclic amines) is 1. The Balaban J connectivity index is 2.07. The Kier molecular flexibility index (Phi) is 6.46. The normalized spacial score (nSPS) is 17.0. The molecule has 0 bridgehead atoms. The average Bonchev–Trinajstić information content (AvgIpc) is 2.59. The van der Waals surface area contributed by atoms with Crippen molar-refractivity contribution in [2.24, 2.45) is 5.73 Å². The molecule has 1 fully saturated rings. The smallest absolute Gasteiger partial charge is 0.416 e. The molecule has 1 aliphatic heterocycles. The number of carbonyl (C=O) groups is 2. The van der Waals surface area contributed by atoms with E-state index in [9.17, 15) is 27.2 Å². The van der Waals surface area contributed by atoms with E-state index in [1.54, 1.807) is 20.8 Å². The highest BCUT2D eigenvalue weighted by molar-refractivity contribution is 5.98. The summed E-state index contributed by atoms with van der Waals surface area (Å²) >= 11 is 0. The Labute approximate surface area is 166 Å². The molecule has 1 aromatic carbocycles. The van der Waals surface area contributed by atoms with E-state index in [4.69, 9.17) is 10.5 Å². The zero-order valence-corrected chi connectivity index (χ0v) is 16.5. The van der Waals surface area contributed by atoms with Gasteiger partial charge in [-0.05, 0) is 57.4 Å². The maximum absolute atomic E-state index is 13.0. The van der Waals surface area contributed by atoms with E-state index in [1.165, 1.54) is 4.90 Å². The van der Waals surface area contributed by atoms with Crippen molar-refractivity contribution >= 4 is 17.7 Å². The van der Waals surface area contributed by atoms with E-state index in [0.717, 1.165) is 12.1 Å². The first-order valence-electron chi connectivity index (χ1n) is 9.09. The van der Waals surface area contributed by atoms with Crippen molar-refractivity contribution in [1.82, 2.24) is 4.90 Å². The second-order valence-corrected chi connectivity index (χ2v) is 8.13. The summed E-state index contributed by atoms with van der Waals surface area (Å²) in [5, 5.41) is 2.36. The second kappa shape index (κ2) is 8.17. The van der Waals surface area contributed by atoms with Crippen LogP contribution in [-0.4, -0.2) is 41.1 Å². The maximum atomic E-state index is 13.0. The fraction of sp³-hybridized carbons (Fsp3) is 0.579. The first-order chi connectivity index (χ1) is 13.2. The van der Waals surface area contributed by atoms with E-state index in [1.807, 2.05) is 0 Å². The largest absolute Gasteiger partial charge is 0.444 e. The molecule has 1 aliphatic rings. The summed E-state index contributed by atoms with van der Waals surface area (Å²) in [4.78, 5) is 26.1. The number of nitrogens with one attached hydrogen (secondary N) is 1. The van der Waals surface area contributed by atoms with E-state index >= 15 is 0 Å². The van der Waals surface area contributed by atoms with Crippen molar-refractivity contribution in [3.8, 4) is 0 Å². The van der Waals surface area contributed by atoms with Gasteiger partial charge in [0.1, 0.15) is 12.3 Å². The fourth-order valence-corrected chi connectivity index (χ4v) is 2.90. The molecule has 0 aliphatic carbocycles. The maximum Gasteiger partial charge on any atom is 0.416 e. The first-order valence-corrected chi connectivity index (χ1v) is 9.09. The number of piperidine rings is 1. The van der Waals surface area contributed by atoms with Crippen molar-refractivity contribution in [3.63, 3.8) is 0 Å². The van der Waals surface area contributed by atoms with Crippen molar-refractivity contribution in [2.45, 2.75) is 57.6 Å². The van der Waals surface area contributed by atoms with Crippen LogP contribution in [0.4, 0.5) is 28.0 Å². The Morgan fingerprint density at radius 2 is 1.76 bits per heavy atom. The van der Waals surface area contributed by atoms with Gasteiger partial charge in [0.25, 0.3) is 0 Å². The summed E-state index contributed by atoms with van der Waals surface area (Å²) < 4.78 is 57.1. The number of amides is 2. The molecule has 2 amide bonds. The zero-order valence-electron chi connectivity index (χ0n) is 16.5. The molecule has 10 heteroatoms. The van der Waals surface area contributed by atoms with Crippen LogP contribution >= 0.6 is 0 Å². The number of ether oxygens (including phenoxy) is 1. The monoisotopic (exact) mass is 419 g/mol. The van der Waals surface area contributed by atoms with Gasteiger partial charge in [-0.1, -0.05) is 0 Å². The van der Waals surface area contributed by atoms with Gasteiger partial charge in [0.05, 0.1) is 11.1 Å². The van der Waals surface area contributed by atoms with Gasteiger partial charge < -0.3 is 20.7 Å². The summed E-state index contributed by atoms with van der Waals surface area (Å²) in [6.07, 6.45) is -4.99. The number of hydrogen-bond acceptors (Lipinski definition) is 4. The van der Waals surface area contributed by atoms with E-state index in [0.29, 0.717) is 6.07 Å². The third-order valence-corrected chi connectivity index (χ3v) is 4.49. The van der Waals surface area contributed by atoms with Crippen LogP contribution in [0.2, 0.25) is 0 Å². The molecule has 1 aromatic rings. The molecule has 29 heavy (non-hydrogen) atoms. The average molecular weight is 419 g/mol. The molecule has 2 rings (SSSR count). The minimum Gasteiger partial charge on any atom is -0.444 e. The highest BCUT2D eigenvalue weighted by Crippen LogP contribution is 2.33. The van der Waals surface area contributed by atoms with Gasteiger partial charge >= 0.3 is 12.3 Å². The molecule has 0 atom stereocenters. The van der Waals surface area contributed by atoms with Gasteiger partial charge in [0.2, 0.25) is 5.91 Å². The summed E-state index contributed by atoms with van der Waals surface area (Å²) in [5.41, 5.74) is 2.66. The highest BCUT2D eigenvalue weighted by atomic mass is 19.4. The van der Waals surface area contributed by atoms with Crippen molar-refractivity contribution < 1.29 is 31.9 Å². The van der Waals surface area contributed by atoms with Gasteiger partial charge in [-0.3, -0.25) is 4.79 Å². The summed E-state index contributed by atoms with van der Waals surface area (Å²) in [5.74, 6) is -0.689. The number of hydrogen-bond donors (Lipinski definition) is 2. The SMILES string of the molecule is CC(C)(C)OC(=O)N1CCC(N)(C(=O)Nc2cc(CF)cc(C(F)(F)F)c2)CC1. The van der Waals surface area contributed by atoms with Crippen molar-refractivity contribution in [3.05, 3.63) is 29.3 Å².